The van der Waals surface area contributed by atoms with Crippen molar-refractivity contribution in [2.24, 2.45) is 0 Å². The van der Waals surface area contributed by atoms with E-state index in [1.165, 1.54) is 0 Å². The summed E-state index contributed by atoms with van der Waals surface area (Å²) in [6.45, 7) is 14.2. The van der Waals surface area contributed by atoms with Gasteiger partial charge in [0.2, 0.25) is 0 Å². The Morgan fingerprint density at radius 2 is 1.21 bits per heavy atom. The molecule has 0 radical (unpaired) electrons. The first-order valence-corrected chi connectivity index (χ1v) is 10.2. The summed E-state index contributed by atoms with van der Waals surface area (Å²) >= 11 is 1.95. The number of aliphatic hydroxyl groups is 1. The SMILES string of the molecule is CC(=O)O.CC(=O)O.CC(=O)O.CC(O)CN1CCNCCNCC[N]([Gd])CC1. The van der Waals surface area contributed by atoms with Crippen molar-refractivity contribution in [3.63, 3.8) is 0 Å². The number of rotatable bonds is 2. The van der Waals surface area contributed by atoms with E-state index in [0.29, 0.717) is 0 Å². The van der Waals surface area contributed by atoms with Crippen LogP contribution in [0.25, 0.3) is 0 Å². The predicted molar refractivity (Wildman–Crippen MR) is 105 cm³/mol. The van der Waals surface area contributed by atoms with Crippen molar-refractivity contribution in [2.45, 2.75) is 33.8 Å². The molecule has 11 nitrogen and oxygen atoms in total. The fourth-order valence-electron chi connectivity index (χ4n) is 1.89. The molecule has 0 aromatic heterocycles. The van der Waals surface area contributed by atoms with Crippen LogP contribution in [0.2, 0.25) is 0 Å². The van der Waals surface area contributed by atoms with Crippen molar-refractivity contribution in [3.05, 3.63) is 0 Å². The second-order valence-corrected chi connectivity index (χ2v) is 7.54. The molecule has 1 heterocycles. The van der Waals surface area contributed by atoms with Gasteiger partial charge in [-0.2, -0.15) is 0 Å². The number of aliphatic carboxylic acids is 3. The van der Waals surface area contributed by atoms with Crippen molar-refractivity contribution in [2.75, 3.05) is 58.9 Å². The number of nitrogens with one attached hydrogen (secondary N) is 2. The molecule has 0 bridgehead atoms. The van der Waals surface area contributed by atoms with E-state index in [2.05, 4.69) is 16.6 Å². The van der Waals surface area contributed by atoms with Crippen LogP contribution in [0.1, 0.15) is 27.7 Å². The summed E-state index contributed by atoms with van der Waals surface area (Å²) < 4.78 is 2.37. The zero-order valence-corrected chi connectivity index (χ0v) is 20.0. The third kappa shape index (κ3) is 47.0. The number of carboxylic acid groups (broad SMARTS) is 3. The normalized spacial score (nSPS) is 17.2. The van der Waals surface area contributed by atoms with Gasteiger partial charge in [0.25, 0.3) is 17.9 Å². The summed E-state index contributed by atoms with van der Waals surface area (Å²) in [5, 5.41) is 38.6. The van der Waals surface area contributed by atoms with Crippen LogP contribution in [-0.4, -0.2) is 109 Å². The Labute approximate surface area is 199 Å². The molecule has 1 aliphatic heterocycles. The summed E-state index contributed by atoms with van der Waals surface area (Å²) in [7, 11) is 0. The first kappa shape index (κ1) is 33.2. The van der Waals surface area contributed by atoms with E-state index < -0.39 is 17.9 Å². The van der Waals surface area contributed by atoms with Crippen molar-refractivity contribution < 1.29 is 73.1 Å². The molecule has 1 fully saturated rings. The number of aliphatic hydroxyl groups excluding tert-OH is 1. The van der Waals surface area contributed by atoms with Crippen molar-refractivity contribution in [1.29, 1.82) is 0 Å². The third-order valence-electron chi connectivity index (χ3n) is 2.78. The second kappa shape index (κ2) is 23.8. The Kier molecular flexibility index (Phi) is 27.2. The molecule has 1 atom stereocenters. The van der Waals surface area contributed by atoms with Gasteiger partial charge in [0, 0.05) is 20.8 Å². The van der Waals surface area contributed by atoms with E-state index in [9.17, 15) is 5.11 Å². The fraction of sp³-hybridized carbons (Fsp3) is 0.824. The van der Waals surface area contributed by atoms with E-state index in [1.54, 1.807) is 0 Å². The molecule has 0 amide bonds. The van der Waals surface area contributed by atoms with E-state index >= 15 is 0 Å². The van der Waals surface area contributed by atoms with Crippen LogP contribution in [-0.2, 0) is 14.4 Å². The Balaban J connectivity index is -0.000000462. The van der Waals surface area contributed by atoms with E-state index in [1.807, 2.05) is 45.2 Å². The standard InChI is InChI=1S/C11H25N4O.3C2H4O2.Gd/c1-11(16)10-15-8-6-13-4-2-12-3-5-14-7-9-15;3*1-2(3)4;/h11-13,16H,2-10H2,1H3;3*1H3,(H,3,4);/q-1;;;;+1. The summed E-state index contributed by atoms with van der Waals surface area (Å²) in [6.07, 6.45) is -0.239. The molecule has 0 saturated carbocycles. The maximum atomic E-state index is 9.48. The molecule has 1 unspecified atom stereocenters. The Bertz CT molecular complexity index is 388. The number of hydrogen-bond acceptors (Lipinski definition) is 8. The molecule has 29 heavy (non-hydrogen) atoms. The van der Waals surface area contributed by atoms with Crippen LogP contribution < -0.4 is 10.6 Å². The van der Waals surface area contributed by atoms with Crippen LogP contribution in [0.15, 0.2) is 0 Å². The third-order valence-corrected chi connectivity index (χ3v) is 3.80. The van der Waals surface area contributed by atoms with E-state index in [-0.39, 0.29) is 6.10 Å². The molecule has 12 heteroatoms. The van der Waals surface area contributed by atoms with Gasteiger partial charge >= 0.3 is 132 Å². The van der Waals surface area contributed by atoms with Crippen molar-refractivity contribution in [3.8, 4) is 0 Å². The Hall–Kier alpha value is -0.465. The second-order valence-electron chi connectivity index (χ2n) is 6.10. The van der Waals surface area contributed by atoms with Gasteiger partial charge in [-0.1, -0.05) is 0 Å². The molecule has 0 spiro atoms. The molecular formula is C17H37GdN4O7. The summed E-state index contributed by atoms with van der Waals surface area (Å²) in [4.78, 5) is 29.3. The maximum absolute atomic E-state index is 9.48. The number of nitrogens with zero attached hydrogens (tertiary/aromatic N) is 2. The molecule has 1 aliphatic rings. The topological polar surface area (TPSA) is 163 Å². The van der Waals surface area contributed by atoms with Crippen LogP contribution >= 0.6 is 0 Å². The molecule has 1 rings (SSSR count). The van der Waals surface area contributed by atoms with Gasteiger partial charge in [-0.25, -0.2) is 0 Å². The average Bonchev–Trinajstić information content (AvgIpc) is 2.51. The van der Waals surface area contributed by atoms with Gasteiger partial charge in [-0.3, -0.25) is 14.4 Å². The minimum atomic E-state index is -0.833. The van der Waals surface area contributed by atoms with Gasteiger partial charge < -0.3 is 15.3 Å². The summed E-state index contributed by atoms with van der Waals surface area (Å²) in [5.74, 6) is -2.50. The quantitative estimate of drug-likeness (QED) is 0.241. The number of carboxylic acids is 3. The molecule has 175 valence electrons. The molecule has 6 N–H and O–H groups in total. The number of β-amino-alcohol motifs (C(OH)–C–C–N with tert-alkyl or cyclic N) is 1. The van der Waals surface area contributed by atoms with Crippen molar-refractivity contribution in [1.82, 2.24) is 16.6 Å². The predicted octanol–water partition coefficient (Wildman–Crippen LogP) is -1.10. The van der Waals surface area contributed by atoms with Gasteiger partial charge in [-0.15, -0.1) is 0 Å². The van der Waals surface area contributed by atoms with E-state index in [4.69, 9.17) is 29.7 Å². The zero-order chi connectivity index (χ0) is 23.2. The molecular weight excluding hydrogens is 529 g/mol. The summed E-state index contributed by atoms with van der Waals surface area (Å²) in [5.41, 5.74) is 0. The van der Waals surface area contributed by atoms with Crippen molar-refractivity contribution >= 4 is 17.9 Å². The summed E-state index contributed by atoms with van der Waals surface area (Å²) in [6, 6.07) is 0. The molecule has 0 aromatic rings. The average molecular weight is 567 g/mol. The van der Waals surface area contributed by atoms with Crippen LogP contribution in [0.5, 0.6) is 0 Å². The Morgan fingerprint density at radius 1 is 0.828 bits per heavy atom. The molecule has 0 aliphatic carbocycles. The van der Waals surface area contributed by atoms with Gasteiger partial charge in [0.15, 0.2) is 0 Å². The van der Waals surface area contributed by atoms with Gasteiger partial charge in [0.05, 0.1) is 0 Å². The molecule has 1 saturated heterocycles. The Morgan fingerprint density at radius 3 is 1.59 bits per heavy atom. The first-order chi connectivity index (χ1) is 13.4. The monoisotopic (exact) mass is 567 g/mol. The van der Waals surface area contributed by atoms with Crippen LogP contribution in [0.4, 0.5) is 0 Å². The van der Waals surface area contributed by atoms with Gasteiger partial charge in [-0.05, 0) is 0 Å². The first-order valence-electron chi connectivity index (χ1n) is 9.18. The van der Waals surface area contributed by atoms with Crippen LogP contribution in [0, 0.1) is 38.3 Å². The zero-order valence-electron chi connectivity index (χ0n) is 17.7. The number of hydrogen-bond donors (Lipinski definition) is 6. The van der Waals surface area contributed by atoms with Gasteiger partial charge in [0.1, 0.15) is 0 Å². The van der Waals surface area contributed by atoms with Crippen LogP contribution in [0.3, 0.4) is 0 Å². The van der Waals surface area contributed by atoms with E-state index in [0.717, 1.165) is 79.7 Å². The molecule has 0 aromatic carbocycles. The fourth-order valence-corrected chi connectivity index (χ4v) is 2.37. The number of carbonyl (C=O) groups is 3. The minimum absolute atomic E-state index is 0.239.